The second-order valence-corrected chi connectivity index (χ2v) is 5.22. The Morgan fingerprint density at radius 1 is 1.19 bits per heavy atom. The van der Waals surface area contributed by atoms with E-state index in [4.69, 9.17) is 0 Å². The monoisotopic (exact) mass is 303 g/mol. The fourth-order valence-electron chi connectivity index (χ4n) is 2.53. The number of aryl methyl sites for hydroxylation is 2. The van der Waals surface area contributed by atoms with Crippen LogP contribution in [0.25, 0.3) is 0 Å². The Morgan fingerprint density at radius 2 is 1.90 bits per heavy atom. The number of alkyl halides is 3. The summed E-state index contributed by atoms with van der Waals surface area (Å²) in [6, 6.07) is -0.0636. The van der Waals surface area contributed by atoms with E-state index in [1.54, 1.807) is 0 Å². The quantitative estimate of drug-likeness (QED) is 0.902. The van der Waals surface area contributed by atoms with Crippen molar-refractivity contribution in [2.24, 2.45) is 0 Å². The lowest BCUT2D eigenvalue weighted by atomic mass is 10.2. The van der Waals surface area contributed by atoms with Crippen molar-refractivity contribution in [2.45, 2.75) is 45.3 Å². The summed E-state index contributed by atoms with van der Waals surface area (Å²) in [6.07, 6.45) is -1.97. The van der Waals surface area contributed by atoms with Gasteiger partial charge in [-0.3, -0.25) is 4.90 Å². The van der Waals surface area contributed by atoms with Crippen LogP contribution in [0.15, 0.2) is 0 Å². The fourth-order valence-corrected chi connectivity index (χ4v) is 2.53. The molecule has 1 atom stereocenters. The van der Waals surface area contributed by atoms with Crippen LogP contribution in [0.4, 0.5) is 19.1 Å². The largest absolute Gasteiger partial charge is 0.401 e. The SMILES string of the molecule is CCc1nnc(NC2CCN(CC(F)(F)F)C2)nc1CC. The third kappa shape index (κ3) is 4.52. The van der Waals surface area contributed by atoms with Crippen molar-refractivity contribution in [3.8, 4) is 0 Å². The maximum absolute atomic E-state index is 12.3. The highest BCUT2D eigenvalue weighted by Gasteiger charge is 2.34. The van der Waals surface area contributed by atoms with Crippen LogP contribution in [0.1, 0.15) is 31.7 Å². The van der Waals surface area contributed by atoms with Gasteiger partial charge in [0.2, 0.25) is 5.95 Å². The second-order valence-electron chi connectivity index (χ2n) is 5.22. The van der Waals surface area contributed by atoms with Gasteiger partial charge >= 0.3 is 6.18 Å². The van der Waals surface area contributed by atoms with Crippen LogP contribution in [-0.4, -0.2) is 51.9 Å². The minimum absolute atomic E-state index is 0.0636. The smallest absolute Gasteiger partial charge is 0.349 e. The Bertz CT molecular complexity index is 477. The van der Waals surface area contributed by atoms with E-state index in [0.717, 1.165) is 24.2 Å². The summed E-state index contributed by atoms with van der Waals surface area (Å²) in [7, 11) is 0. The van der Waals surface area contributed by atoms with Crippen LogP contribution >= 0.6 is 0 Å². The summed E-state index contributed by atoms with van der Waals surface area (Å²) >= 11 is 0. The molecule has 118 valence electrons. The first-order valence-corrected chi connectivity index (χ1v) is 7.19. The van der Waals surface area contributed by atoms with Crippen molar-refractivity contribution in [3.05, 3.63) is 11.4 Å². The zero-order valence-corrected chi connectivity index (χ0v) is 12.2. The summed E-state index contributed by atoms with van der Waals surface area (Å²) in [6.45, 7) is 3.90. The molecule has 1 aromatic heterocycles. The third-order valence-corrected chi connectivity index (χ3v) is 3.52. The molecule has 0 spiro atoms. The van der Waals surface area contributed by atoms with Crippen LogP contribution in [0.5, 0.6) is 0 Å². The molecule has 0 aromatic carbocycles. The van der Waals surface area contributed by atoms with Crippen molar-refractivity contribution in [1.82, 2.24) is 20.1 Å². The molecular formula is C13H20F3N5. The molecule has 2 heterocycles. The summed E-state index contributed by atoms with van der Waals surface area (Å²) < 4.78 is 37.0. The van der Waals surface area contributed by atoms with Gasteiger partial charge in [0, 0.05) is 19.1 Å². The molecule has 0 amide bonds. The highest BCUT2D eigenvalue weighted by atomic mass is 19.4. The molecule has 8 heteroatoms. The van der Waals surface area contributed by atoms with Crippen molar-refractivity contribution < 1.29 is 13.2 Å². The topological polar surface area (TPSA) is 53.9 Å². The maximum Gasteiger partial charge on any atom is 0.401 e. The van der Waals surface area contributed by atoms with Gasteiger partial charge in [0.1, 0.15) is 0 Å². The fraction of sp³-hybridized carbons (Fsp3) is 0.769. The summed E-state index contributed by atoms with van der Waals surface area (Å²) in [5.41, 5.74) is 1.76. The van der Waals surface area contributed by atoms with Gasteiger partial charge in [0.25, 0.3) is 0 Å². The molecule has 2 rings (SSSR count). The lowest BCUT2D eigenvalue weighted by Gasteiger charge is -2.18. The number of likely N-dealkylation sites (tertiary alicyclic amines) is 1. The summed E-state index contributed by atoms with van der Waals surface area (Å²) in [5, 5.41) is 11.2. The Hall–Kier alpha value is -1.44. The van der Waals surface area contributed by atoms with E-state index in [1.165, 1.54) is 4.90 Å². The first-order valence-electron chi connectivity index (χ1n) is 7.19. The molecule has 5 nitrogen and oxygen atoms in total. The van der Waals surface area contributed by atoms with E-state index >= 15 is 0 Å². The highest BCUT2D eigenvalue weighted by Crippen LogP contribution is 2.21. The Kier molecular flexibility index (Phi) is 4.97. The van der Waals surface area contributed by atoms with Crippen molar-refractivity contribution >= 4 is 5.95 Å². The number of aromatic nitrogens is 3. The molecule has 1 aliphatic heterocycles. The molecule has 1 N–H and O–H groups in total. The average molecular weight is 303 g/mol. The molecule has 0 bridgehead atoms. The van der Waals surface area contributed by atoms with Crippen LogP contribution in [0.3, 0.4) is 0 Å². The van der Waals surface area contributed by atoms with Crippen molar-refractivity contribution in [1.29, 1.82) is 0 Å². The zero-order valence-electron chi connectivity index (χ0n) is 12.2. The van der Waals surface area contributed by atoms with Crippen LogP contribution < -0.4 is 5.32 Å². The lowest BCUT2D eigenvalue weighted by molar-refractivity contribution is -0.143. The van der Waals surface area contributed by atoms with Gasteiger partial charge in [0.15, 0.2) is 0 Å². The predicted molar refractivity (Wildman–Crippen MR) is 73.1 cm³/mol. The number of anilines is 1. The Morgan fingerprint density at radius 3 is 2.52 bits per heavy atom. The normalized spacial score (nSPS) is 20.0. The van der Waals surface area contributed by atoms with E-state index in [9.17, 15) is 13.2 Å². The second kappa shape index (κ2) is 6.55. The first kappa shape index (κ1) is 15.9. The number of hydrogen-bond donors (Lipinski definition) is 1. The van der Waals surface area contributed by atoms with Crippen molar-refractivity contribution in [3.63, 3.8) is 0 Å². The lowest BCUT2D eigenvalue weighted by Crippen LogP contribution is -2.34. The molecule has 1 saturated heterocycles. The van der Waals surface area contributed by atoms with Crippen LogP contribution in [0, 0.1) is 0 Å². The van der Waals surface area contributed by atoms with E-state index in [-0.39, 0.29) is 6.04 Å². The number of nitrogens with one attached hydrogen (secondary N) is 1. The molecule has 21 heavy (non-hydrogen) atoms. The minimum atomic E-state index is -4.15. The van der Waals surface area contributed by atoms with Gasteiger partial charge in [-0.1, -0.05) is 13.8 Å². The molecule has 1 aromatic rings. The van der Waals surface area contributed by atoms with Gasteiger partial charge < -0.3 is 5.32 Å². The third-order valence-electron chi connectivity index (χ3n) is 3.52. The molecule has 0 radical (unpaired) electrons. The molecule has 1 fully saturated rings. The molecule has 1 unspecified atom stereocenters. The Balaban J connectivity index is 1.94. The number of halogens is 3. The zero-order chi connectivity index (χ0) is 15.5. The van der Waals surface area contributed by atoms with E-state index in [2.05, 4.69) is 20.5 Å². The number of nitrogens with zero attached hydrogens (tertiary/aromatic N) is 4. The Labute approximate surface area is 122 Å². The van der Waals surface area contributed by atoms with Crippen LogP contribution in [-0.2, 0) is 12.8 Å². The maximum atomic E-state index is 12.3. The molecular weight excluding hydrogens is 283 g/mol. The van der Waals surface area contributed by atoms with Gasteiger partial charge in [-0.15, -0.1) is 5.10 Å². The molecule has 1 aliphatic rings. The van der Waals surface area contributed by atoms with Gasteiger partial charge in [-0.25, -0.2) is 4.98 Å². The highest BCUT2D eigenvalue weighted by molar-refractivity contribution is 5.28. The minimum Gasteiger partial charge on any atom is -0.349 e. The molecule has 0 saturated carbocycles. The standard InChI is InChI=1S/C13H20F3N5/c1-3-10-11(4-2)19-20-12(18-10)17-9-5-6-21(7-9)8-13(14,15)16/h9H,3-8H2,1-2H3,(H,17,18,20). The van der Waals surface area contributed by atoms with Crippen LogP contribution in [0.2, 0.25) is 0 Å². The number of hydrogen-bond acceptors (Lipinski definition) is 5. The first-order chi connectivity index (χ1) is 9.91. The van der Waals surface area contributed by atoms with Crippen molar-refractivity contribution in [2.75, 3.05) is 25.0 Å². The summed E-state index contributed by atoms with van der Waals surface area (Å²) in [4.78, 5) is 5.79. The van der Waals surface area contributed by atoms with E-state index in [0.29, 0.717) is 25.5 Å². The molecule has 0 aliphatic carbocycles. The van der Waals surface area contributed by atoms with E-state index < -0.39 is 12.7 Å². The number of rotatable bonds is 5. The van der Waals surface area contributed by atoms with Gasteiger partial charge in [-0.2, -0.15) is 18.3 Å². The summed E-state index contributed by atoms with van der Waals surface area (Å²) in [5.74, 6) is 0.405. The van der Waals surface area contributed by atoms with Gasteiger partial charge in [-0.05, 0) is 19.3 Å². The van der Waals surface area contributed by atoms with E-state index in [1.807, 2.05) is 13.8 Å². The van der Waals surface area contributed by atoms with Gasteiger partial charge in [0.05, 0.1) is 17.9 Å². The average Bonchev–Trinajstić information content (AvgIpc) is 2.83. The predicted octanol–water partition coefficient (Wildman–Crippen LogP) is 2.04.